The smallest absolute Gasteiger partial charge is 0.122 e. The molecule has 1 heterocycles. The molecule has 2 atom stereocenters. The minimum Gasteiger partial charge on any atom is -0.230 e. The summed E-state index contributed by atoms with van der Waals surface area (Å²) < 4.78 is 0. The SMILES string of the molecule is CCCC[C@@H]1OO[C@@H]1CCCC. The van der Waals surface area contributed by atoms with Crippen molar-refractivity contribution in [3.8, 4) is 0 Å². The number of hydrogen-bond acceptors (Lipinski definition) is 2. The van der Waals surface area contributed by atoms with E-state index in [1.807, 2.05) is 0 Å². The van der Waals surface area contributed by atoms with E-state index in [2.05, 4.69) is 13.8 Å². The summed E-state index contributed by atoms with van der Waals surface area (Å²) in [5, 5.41) is 0. The van der Waals surface area contributed by atoms with Gasteiger partial charge in [-0.15, -0.1) is 0 Å². The quantitative estimate of drug-likeness (QED) is 0.573. The third kappa shape index (κ3) is 2.76. The van der Waals surface area contributed by atoms with Gasteiger partial charge in [-0.2, -0.15) is 0 Å². The van der Waals surface area contributed by atoms with Crippen LogP contribution in [0.3, 0.4) is 0 Å². The fourth-order valence-corrected chi connectivity index (χ4v) is 1.49. The first-order chi connectivity index (χ1) is 5.88. The zero-order chi connectivity index (χ0) is 8.81. The summed E-state index contributed by atoms with van der Waals surface area (Å²) >= 11 is 0. The molecule has 0 radical (unpaired) electrons. The van der Waals surface area contributed by atoms with Crippen molar-refractivity contribution in [2.75, 3.05) is 0 Å². The molecule has 72 valence electrons. The van der Waals surface area contributed by atoms with Gasteiger partial charge in [-0.05, 0) is 12.8 Å². The van der Waals surface area contributed by atoms with Crippen LogP contribution in [0.25, 0.3) is 0 Å². The van der Waals surface area contributed by atoms with Crippen LogP contribution in [0.4, 0.5) is 0 Å². The van der Waals surface area contributed by atoms with Crippen molar-refractivity contribution in [2.45, 2.75) is 64.6 Å². The third-order valence-corrected chi connectivity index (χ3v) is 2.40. The van der Waals surface area contributed by atoms with E-state index in [-0.39, 0.29) is 0 Å². The van der Waals surface area contributed by atoms with Gasteiger partial charge in [0, 0.05) is 0 Å². The van der Waals surface area contributed by atoms with Crippen molar-refractivity contribution >= 4 is 0 Å². The van der Waals surface area contributed by atoms with Crippen LogP contribution in [-0.2, 0) is 9.78 Å². The van der Waals surface area contributed by atoms with Crippen LogP contribution in [0.1, 0.15) is 52.4 Å². The van der Waals surface area contributed by atoms with Crippen molar-refractivity contribution in [3.05, 3.63) is 0 Å². The minimum atomic E-state index is 0.400. The molecule has 0 unspecified atom stereocenters. The average molecular weight is 172 g/mol. The van der Waals surface area contributed by atoms with Crippen molar-refractivity contribution < 1.29 is 9.78 Å². The molecule has 12 heavy (non-hydrogen) atoms. The zero-order valence-corrected chi connectivity index (χ0v) is 8.21. The molecule has 0 N–H and O–H groups in total. The Morgan fingerprint density at radius 2 is 1.25 bits per heavy atom. The van der Waals surface area contributed by atoms with Gasteiger partial charge in [0.1, 0.15) is 12.2 Å². The van der Waals surface area contributed by atoms with Gasteiger partial charge in [0.2, 0.25) is 0 Å². The minimum absolute atomic E-state index is 0.400. The molecule has 1 aliphatic rings. The molecule has 2 heteroatoms. The van der Waals surface area contributed by atoms with Gasteiger partial charge in [-0.25, -0.2) is 9.78 Å². The summed E-state index contributed by atoms with van der Waals surface area (Å²) in [6, 6.07) is 0. The molecule has 0 spiro atoms. The highest BCUT2D eigenvalue weighted by molar-refractivity contribution is 4.73. The van der Waals surface area contributed by atoms with Crippen molar-refractivity contribution in [3.63, 3.8) is 0 Å². The van der Waals surface area contributed by atoms with Crippen molar-refractivity contribution in [1.29, 1.82) is 0 Å². The van der Waals surface area contributed by atoms with Gasteiger partial charge < -0.3 is 0 Å². The Bertz CT molecular complexity index is 100. The van der Waals surface area contributed by atoms with Gasteiger partial charge >= 0.3 is 0 Å². The average Bonchev–Trinajstić information content (AvgIpc) is 2.04. The first-order valence-corrected chi connectivity index (χ1v) is 5.20. The topological polar surface area (TPSA) is 18.5 Å². The lowest BCUT2D eigenvalue weighted by molar-refractivity contribution is -0.466. The lowest BCUT2D eigenvalue weighted by Gasteiger charge is -2.34. The summed E-state index contributed by atoms with van der Waals surface area (Å²) in [4.78, 5) is 10.1. The van der Waals surface area contributed by atoms with Gasteiger partial charge in [-0.1, -0.05) is 39.5 Å². The van der Waals surface area contributed by atoms with Crippen LogP contribution in [0.2, 0.25) is 0 Å². The van der Waals surface area contributed by atoms with Gasteiger partial charge in [0.05, 0.1) is 0 Å². The molecular weight excluding hydrogens is 152 g/mol. The summed E-state index contributed by atoms with van der Waals surface area (Å²) in [7, 11) is 0. The number of hydrogen-bond donors (Lipinski definition) is 0. The highest BCUT2D eigenvalue weighted by atomic mass is 17.2. The molecular formula is C10H20O2. The molecule has 0 aromatic rings. The summed E-state index contributed by atoms with van der Waals surface area (Å²) in [5.41, 5.74) is 0. The molecule has 1 rings (SSSR count). The van der Waals surface area contributed by atoms with Gasteiger partial charge in [0.25, 0.3) is 0 Å². The normalized spacial score (nSPS) is 28.5. The number of unbranched alkanes of at least 4 members (excludes halogenated alkanes) is 2. The molecule has 0 aromatic carbocycles. The first-order valence-electron chi connectivity index (χ1n) is 5.20. The summed E-state index contributed by atoms with van der Waals surface area (Å²) in [6.45, 7) is 4.42. The predicted octanol–water partition coefficient (Wildman–Crippen LogP) is 3.07. The Balaban J connectivity index is 2.03. The second-order valence-corrected chi connectivity index (χ2v) is 3.55. The zero-order valence-electron chi connectivity index (χ0n) is 8.21. The van der Waals surface area contributed by atoms with E-state index in [0.29, 0.717) is 12.2 Å². The molecule has 1 aliphatic heterocycles. The van der Waals surface area contributed by atoms with Crippen molar-refractivity contribution in [1.82, 2.24) is 0 Å². The molecule has 0 saturated carbocycles. The maximum absolute atomic E-state index is 5.04. The fourth-order valence-electron chi connectivity index (χ4n) is 1.49. The highest BCUT2D eigenvalue weighted by Gasteiger charge is 2.33. The largest absolute Gasteiger partial charge is 0.230 e. The van der Waals surface area contributed by atoms with E-state index >= 15 is 0 Å². The third-order valence-electron chi connectivity index (χ3n) is 2.40. The van der Waals surface area contributed by atoms with Crippen LogP contribution in [0.15, 0.2) is 0 Å². The van der Waals surface area contributed by atoms with Gasteiger partial charge in [0.15, 0.2) is 0 Å². The van der Waals surface area contributed by atoms with E-state index in [0.717, 1.165) is 0 Å². The standard InChI is InChI=1S/C10H20O2/c1-3-5-7-9-10(12-11-9)8-6-4-2/h9-10H,3-8H2,1-2H3/t9-,10+. The molecule has 1 saturated heterocycles. The van der Waals surface area contributed by atoms with Crippen LogP contribution >= 0.6 is 0 Å². The summed E-state index contributed by atoms with van der Waals surface area (Å²) in [5.74, 6) is 0. The maximum atomic E-state index is 5.04. The van der Waals surface area contributed by atoms with E-state index in [9.17, 15) is 0 Å². The van der Waals surface area contributed by atoms with E-state index in [1.54, 1.807) is 0 Å². The molecule has 1 fully saturated rings. The second-order valence-electron chi connectivity index (χ2n) is 3.55. The van der Waals surface area contributed by atoms with Crippen LogP contribution in [-0.4, -0.2) is 12.2 Å². The van der Waals surface area contributed by atoms with Gasteiger partial charge in [-0.3, -0.25) is 0 Å². The van der Waals surface area contributed by atoms with E-state index in [1.165, 1.54) is 38.5 Å². The highest BCUT2D eigenvalue weighted by Crippen LogP contribution is 2.26. The van der Waals surface area contributed by atoms with E-state index in [4.69, 9.17) is 9.78 Å². The first kappa shape index (κ1) is 10.0. The summed E-state index contributed by atoms with van der Waals surface area (Å²) in [6.07, 6.45) is 8.16. The molecule has 0 aromatic heterocycles. The molecule has 0 bridgehead atoms. The maximum Gasteiger partial charge on any atom is 0.122 e. The Hall–Kier alpha value is -0.0800. The van der Waals surface area contributed by atoms with Crippen LogP contribution in [0, 0.1) is 0 Å². The second kappa shape index (κ2) is 5.55. The Labute approximate surface area is 75.2 Å². The monoisotopic (exact) mass is 172 g/mol. The Morgan fingerprint density at radius 3 is 1.50 bits per heavy atom. The molecule has 0 aliphatic carbocycles. The van der Waals surface area contributed by atoms with E-state index < -0.39 is 0 Å². The fraction of sp³-hybridized carbons (Fsp3) is 1.00. The Morgan fingerprint density at radius 1 is 0.833 bits per heavy atom. The van der Waals surface area contributed by atoms with Crippen LogP contribution < -0.4 is 0 Å². The van der Waals surface area contributed by atoms with Crippen molar-refractivity contribution in [2.24, 2.45) is 0 Å². The molecule has 0 amide bonds. The Kier molecular flexibility index (Phi) is 4.62. The van der Waals surface area contributed by atoms with Crippen LogP contribution in [0.5, 0.6) is 0 Å². The lowest BCUT2D eigenvalue weighted by atomic mass is 10.0. The lowest BCUT2D eigenvalue weighted by Crippen LogP contribution is -2.42. The molecule has 2 nitrogen and oxygen atoms in total. The predicted molar refractivity (Wildman–Crippen MR) is 48.8 cm³/mol. The number of rotatable bonds is 6.